The Morgan fingerprint density at radius 3 is 2.50 bits per heavy atom. The van der Waals surface area contributed by atoms with E-state index in [0.717, 1.165) is 17.8 Å². The molecule has 78 valence electrons. The van der Waals surface area contributed by atoms with Gasteiger partial charge in [0.25, 0.3) is 0 Å². The van der Waals surface area contributed by atoms with Crippen LogP contribution < -0.4 is 5.73 Å². The number of fused-ring (bicyclic) bond motifs is 1. The summed E-state index contributed by atoms with van der Waals surface area (Å²) in [5.74, 6) is 0. The molecule has 0 atom stereocenters. The van der Waals surface area contributed by atoms with Crippen LogP contribution in [0.4, 0.5) is 5.69 Å². The lowest BCUT2D eigenvalue weighted by atomic mass is 10.1. The molecule has 1 aromatic carbocycles. The highest BCUT2D eigenvalue weighted by Gasteiger charge is 2.10. The molecule has 1 aliphatic rings. The van der Waals surface area contributed by atoms with Crippen LogP contribution in [0, 0.1) is 0 Å². The third kappa shape index (κ3) is 2.67. The van der Waals surface area contributed by atoms with Gasteiger partial charge in [-0.25, -0.2) is 0 Å². The molecule has 2 nitrogen and oxygen atoms in total. The van der Waals surface area contributed by atoms with E-state index in [1.807, 2.05) is 32.0 Å². The van der Waals surface area contributed by atoms with Gasteiger partial charge in [0, 0.05) is 18.7 Å². The smallest absolute Gasteiger partial charge is 0.0665 e. The van der Waals surface area contributed by atoms with E-state index in [0.29, 0.717) is 6.54 Å². The van der Waals surface area contributed by atoms with E-state index in [1.54, 1.807) is 0 Å². The molecule has 2 rings (SSSR count). The Morgan fingerprint density at radius 2 is 1.93 bits per heavy atom. The van der Waals surface area contributed by atoms with Gasteiger partial charge in [0.2, 0.25) is 0 Å². The van der Waals surface area contributed by atoms with Gasteiger partial charge in [-0.15, -0.1) is 0 Å². The molecule has 1 heterocycles. The average Bonchev–Trinajstić information content (AvgIpc) is 2.63. The molecule has 1 aliphatic heterocycles. The van der Waals surface area contributed by atoms with Crippen molar-refractivity contribution in [1.29, 1.82) is 0 Å². The number of rotatable bonds is 1. The predicted octanol–water partition coefficient (Wildman–Crippen LogP) is 2.94. The zero-order valence-corrected chi connectivity index (χ0v) is 8.25. The van der Waals surface area contributed by atoms with Gasteiger partial charge in [-0.05, 0) is 11.6 Å². The second-order valence-electron chi connectivity index (χ2n) is 2.69. The number of para-hydroxylation sites is 1. The van der Waals surface area contributed by atoms with Crippen LogP contribution >= 0.6 is 0 Å². The van der Waals surface area contributed by atoms with E-state index in [1.165, 1.54) is 5.56 Å². The van der Waals surface area contributed by atoms with Crippen molar-refractivity contribution in [1.82, 2.24) is 0 Å². The summed E-state index contributed by atoms with van der Waals surface area (Å²) in [6.45, 7) is 4.58. The largest absolute Gasteiger partial charge is 0.325 e. The maximum absolute atomic E-state index is 5.48. The van der Waals surface area contributed by atoms with E-state index in [2.05, 4.69) is 11.1 Å². The van der Waals surface area contributed by atoms with E-state index in [-0.39, 0.29) is 7.43 Å². The van der Waals surface area contributed by atoms with Crippen molar-refractivity contribution in [2.45, 2.75) is 27.7 Å². The summed E-state index contributed by atoms with van der Waals surface area (Å²) in [5.41, 5.74) is 8.96. The molecule has 0 radical (unpaired) electrons. The molecule has 0 saturated carbocycles. The van der Waals surface area contributed by atoms with Crippen molar-refractivity contribution >= 4 is 11.4 Å². The first-order chi connectivity index (χ1) is 6.40. The fraction of sp³-hybridized carbons (Fsp3) is 0.417. The van der Waals surface area contributed by atoms with Crippen LogP contribution in [-0.4, -0.2) is 12.3 Å². The van der Waals surface area contributed by atoms with Gasteiger partial charge in [-0.3, -0.25) is 4.99 Å². The summed E-state index contributed by atoms with van der Waals surface area (Å²) in [5, 5.41) is 0. The lowest BCUT2D eigenvalue weighted by Gasteiger charge is -1.92. The molecule has 1 aromatic rings. The number of nitrogens with two attached hydrogens (primary N) is 1. The number of aliphatic imine (C=N–C) groups is 1. The predicted molar refractivity (Wildman–Crippen MR) is 64.4 cm³/mol. The molecular weight excluding hydrogens is 172 g/mol. The summed E-state index contributed by atoms with van der Waals surface area (Å²) in [7, 11) is 0. The Bertz CT molecular complexity index is 303. The van der Waals surface area contributed by atoms with Crippen LogP contribution in [0.15, 0.2) is 29.3 Å². The van der Waals surface area contributed by atoms with Crippen molar-refractivity contribution in [3.63, 3.8) is 0 Å². The normalized spacial score (nSPS) is 11.8. The zero-order chi connectivity index (χ0) is 9.68. The summed E-state index contributed by atoms with van der Waals surface area (Å²) in [6.07, 6.45) is 0.937. The minimum atomic E-state index is 0. The van der Waals surface area contributed by atoms with Crippen molar-refractivity contribution in [2.75, 3.05) is 6.54 Å². The van der Waals surface area contributed by atoms with Gasteiger partial charge >= 0.3 is 0 Å². The molecule has 0 unspecified atom stereocenters. The highest BCUT2D eigenvalue weighted by atomic mass is 14.8. The molecule has 0 amide bonds. The van der Waals surface area contributed by atoms with Crippen molar-refractivity contribution < 1.29 is 0 Å². The van der Waals surface area contributed by atoms with Crippen LogP contribution in [0.5, 0.6) is 0 Å². The third-order valence-electron chi connectivity index (χ3n) is 1.90. The first kappa shape index (κ1) is 12.8. The van der Waals surface area contributed by atoms with Gasteiger partial charge < -0.3 is 5.73 Å². The number of hydrogen-bond donors (Lipinski definition) is 1. The summed E-state index contributed by atoms with van der Waals surface area (Å²) in [6, 6.07) is 8.16. The maximum atomic E-state index is 5.48. The molecule has 0 spiro atoms. The fourth-order valence-corrected chi connectivity index (χ4v) is 1.32. The molecule has 2 heteroatoms. The van der Waals surface area contributed by atoms with Crippen molar-refractivity contribution in [2.24, 2.45) is 10.7 Å². The Morgan fingerprint density at radius 1 is 1.29 bits per heavy atom. The van der Waals surface area contributed by atoms with Crippen LogP contribution in [-0.2, 0) is 6.42 Å². The van der Waals surface area contributed by atoms with Crippen molar-refractivity contribution in [3.8, 4) is 0 Å². The first-order valence-electron chi connectivity index (χ1n) is 4.74. The quantitative estimate of drug-likeness (QED) is 0.730. The highest BCUT2D eigenvalue weighted by molar-refractivity contribution is 5.95. The van der Waals surface area contributed by atoms with Crippen LogP contribution in [0.3, 0.4) is 0 Å². The molecular formula is C12H20N2. The highest BCUT2D eigenvalue weighted by Crippen LogP contribution is 2.25. The molecule has 0 bridgehead atoms. The molecule has 0 saturated heterocycles. The van der Waals surface area contributed by atoms with E-state index >= 15 is 0 Å². The Labute approximate surface area is 86.9 Å². The zero-order valence-electron chi connectivity index (χ0n) is 8.25. The van der Waals surface area contributed by atoms with Gasteiger partial charge in [-0.1, -0.05) is 39.5 Å². The first-order valence-corrected chi connectivity index (χ1v) is 4.74. The molecule has 2 N–H and O–H groups in total. The minimum absolute atomic E-state index is 0. The minimum Gasteiger partial charge on any atom is -0.325 e. The Hall–Kier alpha value is -1.15. The summed E-state index contributed by atoms with van der Waals surface area (Å²) < 4.78 is 0. The third-order valence-corrected chi connectivity index (χ3v) is 1.90. The topological polar surface area (TPSA) is 38.4 Å². The Kier molecular flexibility index (Phi) is 5.81. The molecule has 0 fully saturated rings. The molecule has 0 aromatic heterocycles. The summed E-state index contributed by atoms with van der Waals surface area (Å²) in [4.78, 5) is 4.36. The summed E-state index contributed by atoms with van der Waals surface area (Å²) >= 11 is 0. The van der Waals surface area contributed by atoms with E-state index in [4.69, 9.17) is 5.73 Å². The standard InChI is InChI=1S/C9H10N2.C2H6.CH4/c10-6-8-5-7-3-1-2-4-9(7)11-8;1-2;/h1-4H,5-6,10H2;1-2H3;1H4. The lowest BCUT2D eigenvalue weighted by molar-refractivity contribution is 1.25. The molecule has 14 heavy (non-hydrogen) atoms. The second-order valence-corrected chi connectivity index (χ2v) is 2.69. The van der Waals surface area contributed by atoms with E-state index < -0.39 is 0 Å². The Balaban J connectivity index is 0.000000531. The monoisotopic (exact) mass is 192 g/mol. The average molecular weight is 192 g/mol. The second kappa shape index (κ2) is 6.33. The maximum Gasteiger partial charge on any atom is 0.0665 e. The number of hydrogen-bond acceptors (Lipinski definition) is 2. The molecule has 0 aliphatic carbocycles. The van der Waals surface area contributed by atoms with Gasteiger partial charge in [0.05, 0.1) is 5.69 Å². The van der Waals surface area contributed by atoms with Gasteiger partial charge in [0.15, 0.2) is 0 Å². The SMILES string of the molecule is C.CC.NCC1=Nc2ccccc2C1. The van der Waals surface area contributed by atoms with Crippen molar-refractivity contribution in [3.05, 3.63) is 29.8 Å². The van der Waals surface area contributed by atoms with Gasteiger partial charge in [-0.2, -0.15) is 0 Å². The van der Waals surface area contributed by atoms with Gasteiger partial charge in [0.1, 0.15) is 0 Å². The fourth-order valence-electron chi connectivity index (χ4n) is 1.32. The van der Waals surface area contributed by atoms with Crippen LogP contribution in [0.1, 0.15) is 26.8 Å². The number of benzene rings is 1. The van der Waals surface area contributed by atoms with E-state index in [9.17, 15) is 0 Å². The lowest BCUT2D eigenvalue weighted by Crippen LogP contribution is -2.12. The van der Waals surface area contributed by atoms with Crippen LogP contribution in [0.2, 0.25) is 0 Å². The van der Waals surface area contributed by atoms with Crippen LogP contribution in [0.25, 0.3) is 0 Å². The number of nitrogens with zero attached hydrogens (tertiary/aromatic N) is 1.